The minimum Gasteiger partial charge on any atom is -0.368 e. The Balaban J connectivity index is 1.75. The number of sulfonamides is 1. The summed E-state index contributed by atoms with van der Waals surface area (Å²) in [4.78, 5) is 11.9. The zero-order valence-electron chi connectivity index (χ0n) is 14.9. The number of hydrogen-bond donors (Lipinski definition) is 2. The number of primary amides is 1. The van der Waals surface area contributed by atoms with Gasteiger partial charge in [-0.1, -0.05) is 61.7 Å². The van der Waals surface area contributed by atoms with Crippen LogP contribution in [-0.4, -0.2) is 26.1 Å². The zero-order valence-corrected chi connectivity index (χ0v) is 15.7. The molecule has 6 heteroatoms. The van der Waals surface area contributed by atoms with Crippen molar-refractivity contribution >= 4 is 26.7 Å². The van der Waals surface area contributed by atoms with Crippen molar-refractivity contribution in [2.45, 2.75) is 44.6 Å². The molecule has 0 heterocycles. The molecule has 1 unspecified atom stereocenters. The van der Waals surface area contributed by atoms with Crippen molar-refractivity contribution in [2.24, 2.45) is 11.7 Å². The average Bonchev–Trinajstić information content (AvgIpc) is 2.61. The van der Waals surface area contributed by atoms with Gasteiger partial charge in [0.2, 0.25) is 15.9 Å². The van der Waals surface area contributed by atoms with Gasteiger partial charge in [0, 0.05) is 0 Å². The molecule has 0 aliphatic heterocycles. The summed E-state index contributed by atoms with van der Waals surface area (Å²) in [5, 5.41) is 2.06. The number of carbonyl (C=O) groups excluding carboxylic acids is 1. The average molecular weight is 375 g/mol. The highest BCUT2D eigenvalue weighted by Crippen LogP contribution is 2.25. The quantitative estimate of drug-likeness (QED) is 0.781. The van der Waals surface area contributed by atoms with Crippen molar-refractivity contribution in [1.29, 1.82) is 0 Å². The number of hydrogen-bond acceptors (Lipinski definition) is 3. The van der Waals surface area contributed by atoms with Crippen molar-refractivity contribution in [3.8, 4) is 0 Å². The smallest absolute Gasteiger partial charge is 0.235 e. The first-order valence-electron chi connectivity index (χ1n) is 9.20. The maximum absolute atomic E-state index is 12.5. The van der Waals surface area contributed by atoms with Gasteiger partial charge in [0.1, 0.15) is 6.04 Å². The van der Waals surface area contributed by atoms with Crippen molar-refractivity contribution in [3.63, 3.8) is 0 Å². The monoisotopic (exact) mass is 374 g/mol. The molecule has 0 radical (unpaired) electrons. The second-order valence-corrected chi connectivity index (χ2v) is 9.00. The summed E-state index contributed by atoms with van der Waals surface area (Å²) >= 11 is 0. The van der Waals surface area contributed by atoms with Crippen molar-refractivity contribution in [1.82, 2.24) is 4.72 Å². The Hall–Kier alpha value is -1.92. The number of nitrogens with one attached hydrogen (secondary N) is 1. The molecular formula is C20H26N2O3S. The van der Waals surface area contributed by atoms with Crippen molar-refractivity contribution in [3.05, 3.63) is 48.0 Å². The van der Waals surface area contributed by atoms with Gasteiger partial charge in [-0.25, -0.2) is 13.1 Å². The van der Waals surface area contributed by atoms with Crippen LogP contribution in [0.2, 0.25) is 0 Å². The van der Waals surface area contributed by atoms with Crippen LogP contribution in [-0.2, 0) is 21.2 Å². The number of fused-ring (bicyclic) bond motifs is 1. The fourth-order valence-corrected chi connectivity index (χ4v) is 5.50. The second-order valence-electron chi connectivity index (χ2n) is 7.20. The molecule has 0 saturated heterocycles. The molecule has 1 aliphatic carbocycles. The van der Waals surface area contributed by atoms with Crippen LogP contribution >= 0.6 is 0 Å². The number of rotatable bonds is 7. The minimum absolute atomic E-state index is 0.0757. The lowest BCUT2D eigenvalue weighted by Crippen LogP contribution is -2.47. The van der Waals surface area contributed by atoms with Crippen LogP contribution in [0.3, 0.4) is 0 Å². The second kappa shape index (κ2) is 8.18. The highest BCUT2D eigenvalue weighted by molar-refractivity contribution is 7.89. The number of nitrogens with two attached hydrogens (primary N) is 1. The van der Waals surface area contributed by atoms with Crippen LogP contribution in [0.4, 0.5) is 0 Å². The van der Waals surface area contributed by atoms with Crippen molar-refractivity contribution < 1.29 is 13.2 Å². The third kappa shape index (κ3) is 4.83. The zero-order chi connectivity index (χ0) is 18.6. The van der Waals surface area contributed by atoms with Crippen LogP contribution in [0.15, 0.2) is 42.5 Å². The predicted octanol–water partition coefficient (Wildman–Crippen LogP) is 2.74. The van der Waals surface area contributed by atoms with E-state index in [1.54, 1.807) is 0 Å². The summed E-state index contributed by atoms with van der Waals surface area (Å²) in [7, 11) is -3.55. The molecule has 1 atom stereocenters. The first kappa shape index (κ1) is 18.9. The summed E-state index contributed by atoms with van der Waals surface area (Å²) in [6.07, 6.45) is 5.46. The van der Waals surface area contributed by atoms with Gasteiger partial charge in [0.25, 0.3) is 0 Å². The normalized spacial score (nSPS) is 17.2. The highest BCUT2D eigenvalue weighted by atomic mass is 32.2. The summed E-state index contributed by atoms with van der Waals surface area (Å²) in [6, 6.07) is 12.7. The van der Waals surface area contributed by atoms with E-state index in [-0.39, 0.29) is 18.1 Å². The molecule has 1 fully saturated rings. The van der Waals surface area contributed by atoms with Gasteiger partial charge in [0.15, 0.2) is 0 Å². The number of amides is 1. The first-order valence-corrected chi connectivity index (χ1v) is 10.9. The first-order chi connectivity index (χ1) is 12.4. The molecule has 2 aromatic carbocycles. The molecule has 1 amide bonds. The minimum atomic E-state index is -3.55. The Kier molecular flexibility index (Phi) is 5.94. The van der Waals surface area contributed by atoms with E-state index in [2.05, 4.69) is 4.72 Å². The van der Waals surface area contributed by atoms with Gasteiger partial charge in [-0.05, 0) is 41.5 Å². The van der Waals surface area contributed by atoms with E-state index in [0.29, 0.717) is 0 Å². The molecule has 26 heavy (non-hydrogen) atoms. The van der Waals surface area contributed by atoms with Gasteiger partial charge in [-0.2, -0.15) is 0 Å². The molecule has 2 aromatic rings. The maximum atomic E-state index is 12.5. The van der Waals surface area contributed by atoms with Gasteiger partial charge in [0.05, 0.1) is 5.75 Å². The Bertz CT molecular complexity index is 868. The summed E-state index contributed by atoms with van der Waals surface area (Å²) in [5.41, 5.74) is 6.41. The molecule has 1 saturated carbocycles. The SMILES string of the molecule is NC(=O)C(Cc1cccc2ccccc12)NS(=O)(=O)CC1CCCCC1. The summed E-state index contributed by atoms with van der Waals surface area (Å²) in [5.74, 6) is -0.399. The Morgan fingerprint density at radius 1 is 1.08 bits per heavy atom. The van der Waals surface area contributed by atoms with Crippen LogP contribution in [0.25, 0.3) is 10.8 Å². The molecule has 1 aliphatic rings. The maximum Gasteiger partial charge on any atom is 0.235 e. The van der Waals surface area contributed by atoms with Gasteiger partial charge < -0.3 is 5.73 Å². The topological polar surface area (TPSA) is 89.3 Å². The molecule has 3 rings (SSSR count). The van der Waals surface area contributed by atoms with E-state index in [0.717, 1.165) is 42.0 Å². The van der Waals surface area contributed by atoms with Gasteiger partial charge >= 0.3 is 0 Å². The van der Waals surface area contributed by atoms with E-state index in [1.807, 2.05) is 42.5 Å². The fraction of sp³-hybridized carbons (Fsp3) is 0.450. The predicted molar refractivity (Wildman–Crippen MR) is 104 cm³/mol. The molecule has 3 N–H and O–H groups in total. The van der Waals surface area contributed by atoms with Crippen LogP contribution in [0, 0.1) is 5.92 Å². The molecule has 140 valence electrons. The lowest BCUT2D eigenvalue weighted by molar-refractivity contribution is -0.119. The summed E-state index contributed by atoms with van der Waals surface area (Å²) < 4.78 is 27.6. The standard InChI is InChI=1S/C20H26N2O3S/c21-20(23)19(22-26(24,25)14-15-7-2-1-3-8-15)13-17-11-6-10-16-9-4-5-12-18(16)17/h4-6,9-12,15,19,22H,1-3,7-8,13-14H2,(H2,21,23). The molecule has 0 aromatic heterocycles. The van der Waals surface area contributed by atoms with Gasteiger partial charge in [-0.3, -0.25) is 4.79 Å². The highest BCUT2D eigenvalue weighted by Gasteiger charge is 2.27. The Morgan fingerprint density at radius 3 is 2.50 bits per heavy atom. The third-order valence-corrected chi connectivity index (χ3v) is 6.70. The van der Waals surface area contributed by atoms with E-state index >= 15 is 0 Å². The number of carbonyl (C=O) groups is 1. The van der Waals surface area contributed by atoms with Crippen molar-refractivity contribution in [2.75, 3.05) is 5.75 Å². The van der Waals surface area contributed by atoms with E-state index in [4.69, 9.17) is 5.73 Å². The van der Waals surface area contributed by atoms with E-state index in [9.17, 15) is 13.2 Å². The Labute approximate surface area is 155 Å². The van der Waals surface area contributed by atoms with E-state index < -0.39 is 22.0 Å². The van der Waals surface area contributed by atoms with E-state index in [1.165, 1.54) is 6.42 Å². The van der Waals surface area contributed by atoms with Crippen LogP contribution in [0.1, 0.15) is 37.7 Å². The molecule has 0 spiro atoms. The Morgan fingerprint density at radius 2 is 1.77 bits per heavy atom. The largest absolute Gasteiger partial charge is 0.368 e. The van der Waals surface area contributed by atoms with Crippen LogP contribution < -0.4 is 10.5 Å². The summed E-state index contributed by atoms with van der Waals surface area (Å²) in [6.45, 7) is 0. The van der Waals surface area contributed by atoms with Crippen LogP contribution in [0.5, 0.6) is 0 Å². The lowest BCUT2D eigenvalue weighted by atomic mass is 9.91. The van der Waals surface area contributed by atoms with Gasteiger partial charge in [-0.15, -0.1) is 0 Å². The molecule has 0 bridgehead atoms. The fourth-order valence-electron chi connectivity index (χ4n) is 3.82. The number of benzene rings is 2. The lowest BCUT2D eigenvalue weighted by Gasteiger charge is -2.23. The molecule has 5 nitrogen and oxygen atoms in total. The molecular weight excluding hydrogens is 348 g/mol. The third-order valence-electron chi connectivity index (χ3n) is 5.15.